The first-order valence-electron chi connectivity index (χ1n) is 8.45. The molecule has 1 aromatic heterocycles. The van der Waals surface area contributed by atoms with Crippen LogP contribution in [0.15, 0.2) is 8.95 Å². The first kappa shape index (κ1) is 18.5. The molecule has 132 valence electrons. The van der Waals surface area contributed by atoms with Crippen molar-refractivity contribution in [2.45, 2.75) is 64.1 Å². The van der Waals surface area contributed by atoms with E-state index in [2.05, 4.69) is 48.7 Å². The van der Waals surface area contributed by atoms with Gasteiger partial charge in [0.15, 0.2) is 0 Å². The van der Waals surface area contributed by atoms with Crippen LogP contribution in [0.1, 0.15) is 43.2 Å². The molecule has 4 rings (SSSR count). The van der Waals surface area contributed by atoms with Gasteiger partial charge in [0, 0.05) is 27.6 Å². The third-order valence-electron chi connectivity index (χ3n) is 5.31. The fraction of sp³-hybridized carbons (Fsp3) is 0.588. The number of rotatable bonds is 2. The molecule has 0 bridgehead atoms. The van der Waals surface area contributed by atoms with Crippen molar-refractivity contribution in [3.05, 3.63) is 20.1 Å². The van der Waals surface area contributed by atoms with Crippen molar-refractivity contribution in [3.63, 3.8) is 0 Å². The van der Waals surface area contributed by atoms with Crippen LogP contribution in [0.3, 0.4) is 0 Å². The molecule has 4 nitrogen and oxygen atoms in total. The van der Waals surface area contributed by atoms with E-state index in [9.17, 15) is 0 Å². The average molecular weight is 479 g/mol. The first-order chi connectivity index (χ1) is 11.1. The molecule has 0 amide bonds. The van der Waals surface area contributed by atoms with E-state index in [4.69, 9.17) is 10.7 Å². The van der Waals surface area contributed by atoms with Gasteiger partial charge in [0.2, 0.25) is 5.95 Å². The Morgan fingerprint density at radius 2 is 1.88 bits per heavy atom. The zero-order valence-corrected chi connectivity index (χ0v) is 17.7. The minimum Gasteiger partial charge on any atom is -0.353 e. The summed E-state index contributed by atoms with van der Waals surface area (Å²) in [6.07, 6.45) is 6.78. The summed E-state index contributed by atoms with van der Waals surface area (Å²) in [5, 5.41) is 3.70. The van der Waals surface area contributed by atoms with E-state index in [-0.39, 0.29) is 12.4 Å². The molecule has 0 atom stereocenters. The maximum absolute atomic E-state index is 6.03. The molecule has 2 aliphatic rings. The van der Waals surface area contributed by atoms with Crippen LogP contribution < -0.4 is 11.1 Å². The summed E-state index contributed by atoms with van der Waals surface area (Å²) >= 11 is 7.50. The van der Waals surface area contributed by atoms with Crippen LogP contribution in [-0.2, 0) is 13.0 Å². The Kier molecular flexibility index (Phi) is 5.50. The number of aromatic nitrogens is 2. The summed E-state index contributed by atoms with van der Waals surface area (Å²) in [7, 11) is 0. The lowest BCUT2D eigenvalue weighted by molar-refractivity contribution is 0.408. The summed E-state index contributed by atoms with van der Waals surface area (Å²) in [4.78, 5) is 4.97. The van der Waals surface area contributed by atoms with E-state index in [1.165, 1.54) is 21.1 Å². The Labute approximate surface area is 165 Å². The van der Waals surface area contributed by atoms with E-state index in [1.54, 1.807) is 0 Å². The van der Waals surface area contributed by atoms with Crippen molar-refractivity contribution in [1.29, 1.82) is 0 Å². The lowest BCUT2D eigenvalue weighted by Gasteiger charge is -2.28. The molecule has 1 saturated carbocycles. The highest BCUT2D eigenvalue weighted by molar-refractivity contribution is 9.13. The SMILES string of the molecule is Cc1c(Br)c(Br)c2c3c1nc(NC1CCC(N)CC1)n3CCC2.Cl. The van der Waals surface area contributed by atoms with Crippen LogP contribution in [0.2, 0.25) is 0 Å². The van der Waals surface area contributed by atoms with E-state index in [1.807, 2.05) is 0 Å². The number of hydrogen-bond acceptors (Lipinski definition) is 3. The Morgan fingerprint density at radius 3 is 2.58 bits per heavy atom. The average Bonchev–Trinajstić information content (AvgIpc) is 2.93. The second-order valence-corrected chi connectivity index (χ2v) is 8.46. The van der Waals surface area contributed by atoms with Gasteiger partial charge in [-0.3, -0.25) is 0 Å². The predicted molar refractivity (Wildman–Crippen MR) is 109 cm³/mol. The second-order valence-electron chi connectivity index (χ2n) is 6.88. The summed E-state index contributed by atoms with van der Waals surface area (Å²) in [5.41, 5.74) is 11.1. The predicted octanol–water partition coefficient (Wildman–Crippen LogP) is 4.92. The standard InChI is InChI=1S/C17H22Br2N4.ClH/c1-9-13(18)14(19)12-3-2-8-23-16(12)15(9)22-17(23)21-11-6-4-10(20)5-7-11;/h10-11H,2-8,20H2,1H3,(H,21,22);1H. The molecule has 1 aliphatic carbocycles. The Hall–Kier alpha value is -0.300. The van der Waals surface area contributed by atoms with Crippen molar-refractivity contribution in [3.8, 4) is 0 Å². The van der Waals surface area contributed by atoms with Gasteiger partial charge < -0.3 is 15.6 Å². The number of benzene rings is 1. The van der Waals surface area contributed by atoms with Crippen LogP contribution in [0.5, 0.6) is 0 Å². The minimum atomic E-state index is 0. The zero-order chi connectivity index (χ0) is 16.1. The van der Waals surface area contributed by atoms with Crippen LogP contribution in [-0.4, -0.2) is 21.6 Å². The highest BCUT2D eigenvalue weighted by atomic mass is 79.9. The smallest absolute Gasteiger partial charge is 0.204 e. The monoisotopic (exact) mass is 476 g/mol. The Balaban J connectivity index is 0.00000169. The lowest BCUT2D eigenvalue weighted by Crippen LogP contribution is -2.33. The van der Waals surface area contributed by atoms with Crippen molar-refractivity contribution in [2.24, 2.45) is 5.73 Å². The molecule has 1 aliphatic heterocycles. The normalized spacial score (nSPS) is 23.2. The molecule has 0 unspecified atom stereocenters. The van der Waals surface area contributed by atoms with E-state index in [0.717, 1.165) is 61.0 Å². The molecule has 3 N–H and O–H groups in total. The second kappa shape index (κ2) is 7.14. The number of nitrogens with one attached hydrogen (secondary N) is 1. The molecule has 1 aromatic carbocycles. The van der Waals surface area contributed by atoms with Gasteiger partial charge in [-0.15, -0.1) is 12.4 Å². The molecule has 2 aromatic rings. The maximum atomic E-state index is 6.03. The summed E-state index contributed by atoms with van der Waals surface area (Å²) < 4.78 is 4.72. The lowest BCUT2D eigenvalue weighted by atomic mass is 9.92. The van der Waals surface area contributed by atoms with Gasteiger partial charge in [-0.2, -0.15) is 0 Å². The maximum Gasteiger partial charge on any atom is 0.204 e. The van der Waals surface area contributed by atoms with Crippen LogP contribution in [0.25, 0.3) is 11.0 Å². The van der Waals surface area contributed by atoms with E-state index >= 15 is 0 Å². The number of aryl methyl sites for hydroxylation is 3. The zero-order valence-electron chi connectivity index (χ0n) is 13.7. The van der Waals surface area contributed by atoms with Crippen molar-refractivity contribution >= 4 is 61.2 Å². The minimum absolute atomic E-state index is 0. The number of imidazole rings is 1. The van der Waals surface area contributed by atoms with Gasteiger partial charge in [0.25, 0.3) is 0 Å². The number of nitrogens with two attached hydrogens (primary N) is 1. The number of hydrogen-bond donors (Lipinski definition) is 2. The highest BCUT2D eigenvalue weighted by Gasteiger charge is 2.26. The largest absolute Gasteiger partial charge is 0.353 e. The Morgan fingerprint density at radius 1 is 1.17 bits per heavy atom. The molecule has 2 heterocycles. The molecule has 7 heteroatoms. The molecule has 0 spiro atoms. The first-order valence-corrected chi connectivity index (χ1v) is 10.0. The van der Waals surface area contributed by atoms with Crippen molar-refractivity contribution in [1.82, 2.24) is 9.55 Å². The third kappa shape index (κ3) is 3.00. The summed E-state index contributed by atoms with van der Waals surface area (Å²) in [6.45, 7) is 3.19. The molecule has 24 heavy (non-hydrogen) atoms. The number of nitrogens with zero attached hydrogens (tertiary/aromatic N) is 2. The van der Waals surface area contributed by atoms with Gasteiger partial charge >= 0.3 is 0 Å². The van der Waals surface area contributed by atoms with Crippen LogP contribution in [0, 0.1) is 6.92 Å². The molecule has 0 saturated heterocycles. The van der Waals surface area contributed by atoms with Crippen LogP contribution in [0.4, 0.5) is 5.95 Å². The molecular formula is C17H23Br2ClN4. The number of halogens is 3. The van der Waals surface area contributed by atoms with E-state index in [0.29, 0.717) is 12.1 Å². The van der Waals surface area contributed by atoms with Gasteiger partial charge in [0.05, 0.1) is 11.0 Å². The van der Waals surface area contributed by atoms with Gasteiger partial charge in [-0.05, 0) is 88.4 Å². The van der Waals surface area contributed by atoms with Gasteiger partial charge in [-0.1, -0.05) is 0 Å². The molecular weight excluding hydrogens is 455 g/mol. The Bertz CT molecular complexity index is 766. The van der Waals surface area contributed by atoms with E-state index < -0.39 is 0 Å². The summed E-state index contributed by atoms with van der Waals surface area (Å²) in [6, 6.07) is 0.881. The quantitative estimate of drug-likeness (QED) is 0.644. The van der Waals surface area contributed by atoms with Crippen LogP contribution >= 0.6 is 44.3 Å². The van der Waals surface area contributed by atoms with Crippen molar-refractivity contribution in [2.75, 3.05) is 5.32 Å². The highest BCUT2D eigenvalue weighted by Crippen LogP contribution is 2.41. The fourth-order valence-corrected chi connectivity index (χ4v) is 5.05. The third-order valence-corrected chi connectivity index (χ3v) is 7.71. The number of anilines is 1. The van der Waals surface area contributed by atoms with Gasteiger partial charge in [0.1, 0.15) is 0 Å². The van der Waals surface area contributed by atoms with Crippen molar-refractivity contribution < 1.29 is 0 Å². The topological polar surface area (TPSA) is 55.9 Å². The molecule has 0 radical (unpaired) electrons. The summed E-state index contributed by atoms with van der Waals surface area (Å²) in [5.74, 6) is 1.04. The van der Waals surface area contributed by atoms with Gasteiger partial charge in [-0.25, -0.2) is 4.98 Å². The molecule has 1 fully saturated rings. The fourth-order valence-electron chi connectivity index (χ4n) is 3.94.